The van der Waals surface area contributed by atoms with Crippen LogP contribution in [0.3, 0.4) is 0 Å². The molecule has 108 valence electrons. The van der Waals surface area contributed by atoms with Crippen molar-refractivity contribution >= 4 is 11.9 Å². The minimum atomic E-state index is -0.820. The molecule has 1 amide bonds. The number of amides is 1. The van der Waals surface area contributed by atoms with Gasteiger partial charge in [0.05, 0.1) is 11.8 Å². The van der Waals surface area contributed by atoms with E-state index in [9.17, 15) is 14.7 Å². The zero-order chi connectivity index (χ0) is 14.0. The van der Waals surface area contributed by atoms with Gasteiger partial charge in [0.15, 0.2) is 0 Å². The quantitative estimate of drug-likeness (QED) is 0.796. The van der Waals surface area contributed by atoms with Gasteiger partial charge in [0.1, 0.15) is 0 Å². The molecule has 1 saturated carbocycles. The number of likely N-dealkylation sites (tertiary alicyclic amines) is 1. The van der Waals surface area contributed by atoms with Crippen LogP contribution >= 0.6 is 0 Å². The number of nitrogens with one attached hydrogen (secondary N) is 1. The lowest BCUT2D eigenvalue weighted by Gasteiger charge is -2.19. The molecule has 0 spiro atoms. The molecule has 0 radical (unpaired) electrons. The van der Waals surface area contributed by atoms with Gasteiger partial charge in [-0.25, -0.2) is 0 Å². The second-order valence-corrected chi connectivity index (χ2v) is 6.05. The molecule has 0 aromatic rings. The Labute approximate surface area is 114 Å². The first-order valence-corrected chi connectivity index (χ1v) is 7.23. The maximum Gasteiger partial charge on any atom is 0.307 e. The molecular formula is C14H24N2O3. The zero-order valence-corrected chi connectivity index (χ0v) is 11.8. The Hall–Kier alpha value is -1.10. The van der Waals surface area contributed by atoms with E-state index in [-0.39, 0.29) is 17.9 Å². The Kier molecular flexibility index (Phi) is 4.45. The fraction of sp³-hybridized carbons (Fsp3) is 0.857. The van der Waals surface area contributed by atoms with Crippen LogP contribution < -0.4 is 5.32 Å². The molecule has 1 heterocycles. The predicted molar refractivity (Wildman–Crippen MR) is 71.7 cm³/mol. The largest absolute Gasteiger partial charge is 0.481 e. The molecule has 5 heteroatoms. The lowest BCUT2D eigenvalue weighted by molar-refractivity contribution is -0.146. The monoisotopic (exact) mass is 268 g/mol. The van der Waals surface area contributed by atoms with Gasteiger partial charge in [0.25, 0.3) is 0 Å². The van der Waals surface area contributed by atoms with Crippen LogP contribution in [-0.4, -0.2) is 48.1 Å². The summed E-state index contributed by atoms with van der Waals surface area (Å²) in [4.78, 5) is 25.8. The number of aliphatic carboxylic acids is 1. The smallest absolute Gasteiger partial charge is 0.307 e. The molecule has 0 bridgehead atoms. The van der Waals surface area contributed by atoms with Crippen LogP contribution in [0, 0.1) is 17.8 Å². The number of likely N-dealkylation sites (N-methyl/N-ethyl adjacent to an activating group) is 1. The number of carboxylic acids is 1. The molecule has 2 fully saturated rings. The van der Waals surface area contributed by atoms with E-state index < -0.39 is 11.9 Å². The molecule has 0 aromatic carbocycles. The third kappa shape index (κ3) is 3.26. The van der Waals surface area contributed by atoms with Gasteiger partial charge in [-0.2, -0.15) is 0 Å². The highest BCUT2D eigenvalue weighted by Gasteiger charge is 2.42. The number of carbonyl (C=O) groups is 2. The van der Waals surface area contributed by atoms with Crippen molar-refractivity contribution in [1.29, 1.82) is 0 Å². The van der Waals surface area contributed by atoms with Crippen molar-refractivity contribution in [3.63, 3.8) is 0 Å². The van der Waals surface area contributed by atoms with E-state index in [1.807, 2.05) is 7.05 Å². The first-order chi connectivity index (χ1) is 9.01. The fourth-order valence-electron chi connectivity index (χ4n) is 3.40. The topological polar surface area (TPSA) is 69.6 Å². The van der Waals surface area contributed by atoms with Gasteiger partial charge in [-0.15, -0.1) is 0 Å². The summed E-state index contributed by atoms with van der Waals surface area (Å²) < 4.78 is 0. The normalized spacial score (nSPS) is 35.5. The Morgan fingerprint density at radius 2 is 2.00 bits per heavy atom. The molecular weight excluding hydrogens is 244 g/mol. The van der Waals surface area contributed by atoms with Crippen LogP contribution in [0.5, 0.6) is 0 Å². The van der Waals surface area contributed by atoms with Crippen LogP contribution in [0.15, 0.2) is 0 Å². The maximum atomic E-state index is 12.3. The molecule has 2 rings (SSSR count). The molecule has 1 aliphatic carbocycles. The Morgan fingerprint density at radius 1 is 1.32 bits per heavy atom. The lowest BCUT2D eigenvalue weighted by atomic mass is 9.95. The summed E-state index contributed by atoms with van der Waals surface area (Å²) in [7, 11) is 2.04. The average molecular weight is 268 g/mol. The minimum Gasteiger partial charge on any atom is -0.481 e. The maximum absolute atomic E-state index is 12.3. The molecule has 2 N–H and O–H groups in total. The minimum absolute atomic E-state index is 0.0522. The molecule has 4 atom stereocenters. The van der Waals surface area contributed by atoms with Crippen molar-refractivity contribution in [3.8, 4) is 0 Å². The van der Waals surface area contributed by atoms with Gasteiger partial charge in [0, 0.05) is 12.6 Å². The highest BCUT2D eigenvalue weighted by atomic mass is 16.4. The van der Waals surface area contributed by atoms with Crippen molar-refractivity contribution < 1.29 is 14.7 Å². The van der Waals surface area contributed by atoms with Crippen molar-refractivity contribution in [3.05, 3.63) is 0 Å². The number of hydrogen-bond acceptors (Lipinski definition) is 3. The lowest BCUT2D eigenvalue weighted by Crippen LogP contribution is -2.42. The molecule has 2 aliphatic rings. The van der Waals surface area contributed by atoms with Crippen LogP contribution in [0.2, 0.25) is 0 Å². The standard InChI is InChI=1S/C14H24N2O3/c1-3-9-6-11(12(7-9)14(18)19)13(17)15-10-4-5-16(2)8-10/h9-12H,3-8H2,1-2H3,(H,15,17)(H,18,19). The summed E-state index contributed by atoms with van der Waals surface area (Å²) >= 11 is 0. The number of carbonyl (C=O) groups excluding carboxylic acids is 1. The van der Waals surface area contributed by atoms with Crippen LogP contribution in [0.25, 0.3) is 0 Å². The summed E-state index contributed by atoms with van der Waals surface area (Å²) in [6.07, 6.45) is 3.29. The molecule has 5 nitrogen and oxygen atoms in total. The second-order valence-electron chi connectivity index (χ2n) is 6.05. The van der Waals surface area contributed by atoms with Gasteiger partial charge >= 0.3 is 5.97 Å². The summed E-state index contributed by atoms with van der Waals surface area (Å²) in [5.74, 6) is -1.33. The van der Waals surface area contributed by atoms with E-state index >= 15 is 0 Å². The molecule has 4 unspecified atom stereocenters. The van der Waals surface area contributed by atoms with Crippen molar-refractivity contribution in [2.45, 2.75) is 38.6 Å². The highest BCUT2D eigenvalue weighted by Crippen LogP contribution is 2.38. The van der Waals surface area contributed by atoms with E-state index in [1.165, 1.54) is 0 Å². The highest BCUT2D eigenvalue weighted by molar-refractivity contribution is 5.85. The molecule has 0 aromatic heterocycles. The summed E-state index contributed by atoms with van der Waals surface area (Å²) in [6, 6.07) is 0.188. The number of nitrogens with zero attached hydrogens (tertiary/aromatic N) is 1. The summed E-state index contributed by atoms with van der Waals surface area (Å²) in [5, 5.41) is 12.3. The van der Waals surface area contributed by atoms with Crippen molar-refractivity contribution in [1.82, 2.24) is 10.2 Å². The number of carboxylic acid groups (broad SMARTS) is 1. The second kappa shape index (κ2) is 5.90. The van der Waals surface area contributed by atoms with Crippen LogP contribution in [-0.2, 0) is 9.59 Å². The predicted octanol–water partition coefficient (Wildman–Crippen LogP) is 0.944. The van der Waals surface area contributed by atoms with Crippen molar-refractivity contribution in [2.24, 2.45) is 17.8 Å². The first kappa shape index (κ1) is 14.3. The fourth-order valence-corrected chi connectivity index (χ4v) is 3.40. The van der Waals surface area contributed by atoms with Gasteiger partial charge in [-0.1, -0.05) is 13.3 Å². The van der Waals surface area contributed by atoms with Crippen LogP contribution in [0.4, 0.5) is 0 Å². The molecule has 1 saturated heterocycles. The zero-order valence-electron chi connectivity index (χ0n) is 11.8. The molecule has 1 aliphatic heterocycles. The van der Waals surface area contributed by atoms with Crippen molar-refractivity contribution in [2.75, 3.05) is 20.1 Å². The van der Waals surface area contributed by atoms with Crippen LogP contribution in [0.1, 0.15) is 32.6 Å². The third-order valence-electron chi connectivity index (χ3n) is 4.63. The summed E-state index contributed by atoms with van der Waals surface area (Å²) in [6.45, 7) is 3.93. The SMILES string of the molecule is CCC1CC(C(=O)O)C(C(=O)NC2CCN(C)C2)C1. The first-order valence-electron chi connectivity index (χ1n) is 7.23. The van der Waals surface area contributed by atoms with E-state index in [2.05, 4.69) is 17.1 Å². The van der Waals surface area contributed by atoms with E-state index in [0.717, 1.165) is 32.4 Å². The van der Waals surface area contributed by atoms with E-state index in [4.69, 9.17) is 0 Å². The van der Waals surface area contributed by atoms with Gasteiger partial charge in [-0.05, 0) is 38.8 Å². The van der Waals surface area contributed by atoms with Gasteiger partial charge in [0.2, 0.25) is 5.91 Å². The third-order valence-corrected chi connectivity index (χ3v) is 4.63. The van der Waals surface area contributed by atoms with E-state index in [0.29, 0.717) is 12.3 Å². The van der Waals surface area contributed by atoms with E-state index in [1.54, 1.807) is 0 Å². The Morgan fingerprint density at radius 3 is 2.53 bits per heavy atom. The summed E-state index contributed by atoms with van der Waals surface area (Å²) in [5.41, 5.74) is 0. The number of rotatable bonds is 4. The van der Waals surface area contributed by atoms with Gasteiger partial charge in [-0.3, -0.25) is 9.59 Å². The Balaban J connectivity index is 1.94. The number of hydrogen-bond donors (Lipinski definition) is 2. The average Bonchev–Trinajstić information content (AvgIpc) is 2.95. The van der Waals surface area contributed by atoms with Gasteiger partial charge < -0.3 is 15.3 Å². The molecule has 19 heavy (non-hydrogen) atoms. The Bertz CT molecular complexity index is 359.